The highest BCUT2D eigenvalue weighted by Gasteiger charge is 2.17. The molecule has 0 aromatic heterocycles. The van der Waals surface area contributed by atoms with E-state index in [0.29, 0.717) is 12.3 Å². The van der Waals surface area contributed by atoms with Crippen molar-refractivity contribution >= 4 is 12.4 Å². The van der Waals surface area contributed by atoms with Crippen molar-refractivity contribution in [2.45, 2.75) is 32.5 Å². The standard InChI is InChI=1S/C6H13NO.ClH/c1-3-6-7-5(2)4-8-6;/h5-7H,3-4H2,1-2H3;1H. The van der Waals surface area contributed by atoms with Gasteiger partial charge < -0.3 is 4.74 Å². The van der Waals surface area contributed by atoms with Gasteiger partial charge in [-0.3, -0.25) is 5.32 Å². The summed E-state index contributed by atoms with van der Waals surface area (Å²) in [6.45, 7) is 5.13. The smallest absolute Gasteiger partial charge is 0.108 e. The van der Waals surface area contributed by atoms with Gasteiger partial charge in [-0.1, -0.05) is 6.92 Å². The Morgan fingerprint density at radius 3 is 2.56 bits per heavy atom. The molecule has 0 saturated carbocycles. The summed E-state index contributed by atoms with van der Waals surface area (Å²) in [7, 11) is 0. The van der Waals surface area contributed by atoms with Gasteiger partial charge in [-0.05, 0) is 13.3 Å². The average Bonchev–Trinajstić information content (AvgIpc) is 2.14. The van der Waals surface area contributed by atoms with Crippen LogP contribution in [0.25, 0.3) is 0 Å². The number of ether oxygens (including phenoxy) is 1. The highest BCUT2D eigenvalue weighted by Crippen LogP contribution is 2.03. The molecule has 0 radical (unpaired) electrons. The lowest BCUT2D eigenvalue weighted by atomic mass is 10.4. The maximum atomic E-state index is 5.30. The van der Waals surface area contributed by atoms with Crippen molar-refractivity contribution in [1.82, 2.24) is 5.32 Å². The van der Waals surface area contributed by atoms with Gasteiger partial charge in [0.05, 0.1) is 6.61 Å². The lowest BCUT2D eigenvalue weighted by molar-refractivity contribution is 0.0975. The van der Waals surface area contributed by atoms with E-state index in [0.717, 1.165) is 13.0 Å². The average molecular weight is 152 g/mol. The minimum absolute atomic E-state index is 0. The van der Waals surface area contributed by atoms with Crippen molar-refractivity contribution in [3.63, 3.8) is 0 Å². The molecule has 1 aliphatic heterocycles. The Bertz CT molecular complexity index is 79.5. The zero-order valence-corrected chi connectivity index (χ0v) is 6.70. The summed E-state index contributed by atoms with van der Waals surface area (Å²) in [5.74, 6) is 0. The highest BCUT2D eigenvalue weighted by molar-refractivity contribution is 5.85. The molecule has 2 nitrogen and oxygen atoms in total. The second-order valence-corrected chi connectivity index (χ2v) is 2.30. The van der Waals surface area contributed by atoms with E-state index in [1.165, 1.54) is 0 Å². The predicted molar refractivity (Wildman–Crippen MR) is 39.9 cm³/mol. The van der Waals surface area contributed by atoms with E-state index < -0.39 is 0 Å². The third-order valence-corrected chi connectivity index (χ3v) is 1.39. The summed E-state index contributed by atoms with van der Waals surface area (Å²) < 4.78 is 5.30. The first kappa shape index (κ1) is 9.21. The van der Waals surface area contributed by atoms with Gasteiger partial charge in [0.2, 0.25) is 0 Å². The zero-order valence-electron chi connectivity index (χ0n) is 5.89. The second kappa shape index (κ2) is 4.09. The fourth-order valence-corrected chi connectivity index (χ4v) is 0.910. The summed E-state index contributed by atoms with van der Waals surface area (Å²) in [6, 6.07) is 0.556. The second-order valence-electron chi connectivity index (χ2n) is 2.30. The number of hydrogen-bond acceptors (Lipinski definition) is 2. The molecule has 2 unspecified atom stereocenters. The molecule has 0 aromatic rings. The lowest BCUT2D eigenvalue weighted by Gasteiger charge is -2.04. The topological polar surface area (TPSA) is 21.3 Å². The molecule has 0 amide bonds. The van der Waals surface area contributed by atoms with Crippen molar-refractivity contribution in [3.8, 4) is 0 Å². The molecule has 1 N–H and O–H groups in total. The van der Waals surface area contributed by atoms with Crippen LogP contribution in [0, 0.1) is 0 Å². The Kier molecular flexibility index (Phi) is 4.19. The molecule has 9 heavy (non-hydrogen) atoms. The molecule has 0 bridgehead atoms. The van der Waals surface area contributed by atoms with Gasteiger partial charge in [0, 0.05) is 6.04 Å². The largest absolute Gasteiger partial charge is 0.362 e. The first-order valence-corrected chi connectivity index (χ1v) is 3.20. The minimum Gasteiger partial charge on any atom is -0.362 e. The third kappa shape index (κ3) is 2.52. The van der Waals surface area contributed by atoms with Crippen LogP contribution >= 0.6 is 12.4 Å². The quantitative estimate of drug-likeness (QED) is 0.607. The van der Waals surface area contributed by atoms with Gasteiger partial charge in [-0.15, -0.1) is 12.4 Å². The van der Waals surface area contributed by atoms with Crippen molar-refractivity contribution < 1.29 is 4.74 Å². The van der Waals surface area contributed by atoms with Gasteiger partial charge in [-0.25, -0.2) is 0 Å². The Labute approximate surface area is 62.4 Å². The van der Waals surface area contributed by atoms with Crippen LogP contribution in [-0.4, -0.2) is 18.9 Å². The molecule has 1 heterocycles. The van der Waals surface area contributed by atoms with E-state index in [2.05, 4.69) is 19.2 Å². The van der Waals surface area contributed by atoms with Crippen molar-refractivity contribution in [3.05, 3.63) is 0 Å². The van der Waals surface area contributed by atoms with Crippen LogP contribution in [0.1, 0.15) is 20.3 Å². The van der Waals surface area contributed by atoms with Crippen LogP contribution in [0.4, 0.5) is 0 Å². The lowest BCUT2D eigenvalue weighted by Crippen LogP contribution is -2.27. The van der Waals surface area contributed by atoms with Crippen LogP contribution in [0.15, 0.2) is 0 Å². The van der Waals surface area contributed by atoms with Gasteiger partial charge in [-0.2, -0.15) is 0 Å². The Morgan fingerprint density at radius 2 is 2.33 bits per heavy atom. The SMILES string of the molecule is CCC1NC(C)CO1.Cl. The molecule has 0 aromatic carbocycles. The van der Waals surface area contributed by atoms with Crippen LogP contribution in [0.3, 0.4) is 0 Å². The Hall–Kier alpha value is 0.210. The monoisotopic (exact) mass is 151 g/mol. The summed E-state index contributed by atoms with van der Waals surface area (Å²) in [6.07, 6.45) is 1.40. The normalized spacial score (nSPS) is 34.0. The number of halogens is 1. The fourth-order valence-electron chi connectivity index (χ4n) is 0.910. The highest BCUT2D eigenvalue weighted by atomic mass is 35.5. The van der Waals surface area contributed by atoms with Crippen LogP contribution in [-0.2, 0) is 4.74 Å². The van der Waals surface area contributed by atoms with E-state index in [-0.39, 0.29) is 12.4 Å². The maximum absolute atomic E-state index is 5.30. The third-order valence-electron chi connectivity index (χ3n) is 1.39. The molecule has 0 aliphatic carbocycles. The first-order valence-electron chi connectivity index (χ1n) is 3.20. The molecule has 2 atom stereocenters. The van der Waals surface area contributed by atoms with E-state index >= 15 is 0 Å². The number of rotatable bonds is 1. The van der Waals surface area contributed by atoms with Crippen LogP contribution in [0.2, 0.25) is 0 Å². The molecule has 3 heteroatoms. The van der Waals surface area contributed by atoms with Gasteiger partial charge in [0.1, 0.15) is 6.23 Å². The van der Waals surface area contributed by atoms with Crippen molar-refractivity contribution in [2.24, 2.45) is 0 Å². The molecule has 1 fully saturated rings. The van der Waals surface area contributed by atoms with Gasteiger partial charge >= 0.3 is 0 Å². The number of nitrogens with one attached hydrogen (secondary N) is 1. The summed E-state index contributed by atoms with van der Waals surface area (Å²) in [5, 5.41) is 3.28. The molecule has 1 aliphatic rings. The number of hydrogen-bond donors (Lipinski definition) is 1. The Balaban J connectivity index is 0.000000640. The van der Waals surface area contributed by atoms with Crippen LogP contribution < -0.4 is 5.32 Å². The van der Waals surface area contributed by atoms with Crippen molar-refractivity contribution in [2.75, 3.05) is 6.61 Å². The van der Waals surface area contributed by atoms with Crippen molar-refractivity contribution in [1.29, 1.82) is 0 Å². The minimum atomic E-state index is 0. The molecule has 56 valence electrons. The van der Waals surface area contributed by atoms with E-state index in [4.69, 9.17) is 4.74 Å². The van der Waals surface area contributed by atoms with Crippen LogP contribution in [0.5, 0.6) is 0 Å². The predicted octanol–water partition coefficient (Wildman–Crippen LogP) is 1.15. The van der Waals surface area contributed by atoms with Gasteiger partial charge in [0.15, 0.2) is 0 Å². The molecule has 0 spiro atoms. The summed E-state index contributed by atoms with van der Waals surface area (Å²) >= 11 is 0. The van der Waals surface area contributed by atoms with E-state index in [1.54, 1.807) is 0 Å². The van der Waals surface area contributed by atoms with Gasteiger partial charge in [0.25, 0.3) is 0 Å². The maximum Gasteiger partial charge on any atom is 0.108 e. The summed E-state index contributed by atoms with van der Waals surface area (Å²) in [5.41, 5.74) is 0. The van der Waals surface area contributed by atoms with E-state index in [1.807, 2.05) is 0 Å². The molecular formula is C6H14ClNO. The fraction of sp³-hybridized carbons (Fsp3) is 1.00. The summed E-state index contributed by atoms with van der Waals surface area (Å²) in [4.78, 5) is 0. The molecule has 1 saturated heterocycles. The molecular weight excluding hydrogens is 138 g/mol. The molecule has 1 rings (SSSR count). The zero-order chi connectivity index (χ0) is 5.98. The first-order chi connectivity index (χ1) is 3.83. The van der Waals surface area contributed by atoms with E-state index in [9.17, 15) is 0 Å². The Morgan fingerprint density at radius 1 is 1.67 bits per heavy atom.